The minimum atomic E-state index is 0.506. The molecule has 3 N–H and O–H groups in total. The summed E-state index contributed by atoms with van der Waals surface area (Å²) in [5.74, 6) is 0.506. The van der Waals surface area contributed by atoms with Crippen LogP contribution >= 0.6 is 0 Å². The number of anilines is 1. The summed E-state index contributed by atoms with van der Waals surface area (Å²) < 4.78 is 3.99. The number of nitrogen functional groups attached to an aromatic ring is 1. The molecule has 2 bridgehead atoms. The molecule has 37 heavy (non-hydrogen) atoms. The minimum absolute atomic E-state index is 0.506. The highest BCUT2D eigenvalue weighted by atomic mass is 15.3. The van der Waals surface area contributed by atoms with Gasteiger partial charge in [0, 0.05) is 48.0 Å². The van der Waals surface area contributed by atoms with Crippen molar-refractivity contribution in [2.24, 2.45) is 0 Å². The lowest BCUT2D eigenvalue weighted by Gasteiger charge is -2.27. The second kappa shape index (κ2) is 9.28. The molecule has 2 aliphatic heterocycles. The molecule has 2 aliphatic rings. The number of rotatable bonds is 8. The van der Waals surface area contributed by atoms with Crippen molar-refractivity contribution in [3.05, 3.63) is 78.4 Å². The van der Waals surface area contributed by atoms with Crippen LogP contribution in [0.3, 0.4) is 0 Å². The minimum Gasteiger partial charge on any atom is -0.382 e. The van der Waals surface area contributed by atoms with Gasteiger partial charge < -0.3 is 11.1 Å². The van der Waals surface area contributed by atoms with Crippen molar-refractivity contribution in [2.45, 2.75) is 44.3 Å². The summed E-state index contributed by atoms with van der Waals surface area (Å²) in [6.45, 7) is 4.29. The quantitative estimate of drug-likeness (QED) is 0.321. The number of benzene rings is 2. The molecule has 0 amide bonds. The van der Waals surface area contributed by atoms with Crippen LogP contribution in [-0.4, -0.2) is 61.0 Å². The van der Waals surface area contributed by atoms with E-state index < -0.39 is 0 Å². The van der Waals surface area contributed by atoms with E-state index in [-0.39, 0.29) is 0 Å². The topological polar surface area (TPSA) is 89.3 Å². The largest absolute Gasteiger partial charge is 0.382 e. The van der Waals surface area contributed by atoms with Gasteiger partial charge in [-0.05, 0) is 55.5 Å². The highest BCUT2D eigenvalue weighted by Crippen LogP contribution is 2.33. The summed E-state index contributed by atoms with van der Waals surface area (Å²) in [5.41, 5.74) is 12.8. The third-order valence-corrected chi connectivity index (χ3v) is 8.01. The summed E-state index contributed by atoms with van der Waals surface area (Å²) in [5, 5.41) is 14.1. The number of nitrogens with one attached hydrogen (secondary N) is 1. The number of unbranched alkanes of at least 4 members (excludes halogenated alkanes) is 1. The first-order valence-electron chi connectivity index (χ1n) is 13.3. The molecule has 3 aromatic heterocycles. The summed E-state index contributed by atoms with van der Waals surface area (Å²) >= 11 is 0. The number of aromatic nitrogens is 5. The number of hydrogen-bond donors (Lipinski definition) is 2. The highest BCUT2D eigenvalue weighted by molar-refractivity contribution is 5.92. The van der Waals surface area contributed by atoms with Crippen molar-refractivity contribution in [1.82, 2.24) is 34.6 Å². The molecule has 0 spiro atoms. The van der Waals surface area contributed by atoms with Gasteiger partial charge in [0.2, 0.25) is 0 Å². The monoisotopic (exact) mass is 492 g/mol. The van der Waals surface area contributed by atoms with Crippen LogP contribution in [-0.2, 0) is 13.0 Å². The predicted octanol–water partition coefficient (Wildman–Crippen LogP) is 3.75. The lowest BCUT2D eigenvalue weighted by Crippen LogP contribution is -2.43. The molecule has 8 nitrogen and oxygen atoms in total. The number of hydrogen-bond acceptors (Lipinski definition) is 6. The Labute approximate surface area is 216 Å². The standard InChI is InChI=1S/C29H32N8/c30-29-28-26(21-9-10-22-17-36(34-27(22)12-21)16-20-6-2-1-3-7-20)14-24(37(28)33-19-32-29)8-4-5-11-35-18-23-13-25(35)15-31-23/h1-3,6-7,9-10,12,14,17,19,23,25,31H,4-5,8,11,13,15-16,18H2,(H2,30,32,33)/t23-,25-/m0/s1. The number of aryl methyl sites for hydroxylation is 1. The molecule has 0 saturated carbocycles. The van der Waals surface area contributed by atoms with Crippen molar-refractivity contribution in [3.8, 4) is 11.1 Å². The molecule has 8 heteroatoms. The van der Waals surface area contributed by atoms with E-state index in [9.17, 15) is 0 Å². The Morgan fingerprint density at radius 3 is 2.81 bits per heavy atom. The molecule has 2 aromatic carbocycles. The first kappa shape index (κ1) is 22.4. The number of piperazine rings is 1. The molecule has 2 atom stereocenters. The van der Waals surface area contributed by atoms with Gasteiger partial charge in [-0.1, -0.05) is 42.5 Å². The molecule has 2 saturated heterocycles. The molecular weight excluding hydrogens is 460 g/mol. The number of fused-ring (bicyclic) bond motifs is 4. The van der Waals surface area contributed by atoms with Gasteiger partial charge in [-0.2, -0.15) is 10.2 Å². The van der Waals surface area contributed by atoms with E-state index in [4.69, 9.17) is 10.8 Å². The van der Waals surface area contributed by atoms with Crippen LogP contribution in [0, 0.1) is 0 Å². The average molecular weight is 493 g/mol. The van der Waals surface area contributed by atoms with E-state index in [1.54, 1.807) is 6.33 Å². The van der Waals surface area contributed by atoms with Crippen LogP contribution in [0.25, 0.3) is 27.5 Å². The third kappa shape index (κ3) is 4.26. The predicted molar refractivity (Wildman–Crippen MR) is 146 cm³/mol. The van der Waals surface area contributed by atoms with E-state index in [0.717, 1.165) is 59.5 Å². The van der Waals surface area contributed by atoms with Gasteiger partial charge in [0.1, 0.15) is 11.8 Å². The maximum Gasteiger partial charge on any atom is 0.151 e. The molecule has 5 heterocycles. The molecule has 0 radical (unpaired) electrons. The van der Waals surface area contributed by atoms with Crippen LogP contribution in [0.4, 0.5) is 5.82 Å². The van der Waals surface area contributed by atoms with Gasteiger partial charge in [0.25, 0.3) is 0 Å². The molecule has 188 valence electrons. The first-order chi connectivity index (χ1) is 18.2. The second-order valence-corrected chi connectivity index (χ2v) is 10.5. The van der Waals surface area contributed by atoms with Crippen molar-refractivity contribution in [1.29, 1.82) is 0 Å². The van der Waals surface area contributed by atoms with Crippen molar-refractivity contribution in [3.63, 3.8) is 0 Å². The molecule has 2 fully saturated rings. The lowest BCUT2D eigenvalue weighted by molar-refractivity contribution is 0.222. The SMILES string of the molecule is Nc1ncnn2c(CCCCN3C[C@@H]4C[C@H]3CN4)cc(-c3ccc4cn(Cc5ccccc5)nc4c3)c12. The van der Waals surface area contributed by atoms with Crippen molar-refractivity contribution >= 4 is 22.2 Å². The molecule has 0 aliphatic carbocycles. The Morgan fingerprint density at radius 1 is 1.05 bits per heavy atom. The summed E-state index contributed by atoms with van der Waals surface area (Å²) in [6, 6.07) is 20.6. The van der Waals surface area contributed by atoms with E-state index in [0.29, 0.717) is 11.9 Å². The van der Waals surface area contributed by atoms with Crippen molar-refractivity contribution in [2.75, 3.05) is 25.4 Å². The maximum absolute atomic E-state index is 6.38. The zero-order chi connectivity index (χ0) is 24.8. The third-order valence-electron chi connectivity index (χ3n) is 8.01. The highest BCUT2D eigenvalue weighted by Gasteiger charge is 2.36. The Balaban J connectivity index is 1.13. The van der Waals surface area contributed by atoms with Crippen LogP contribution in [0.1, 0.15) is 30.5 Å². The van der Waals surface area contributed by atoms with Gasteiger partial charge in [0.15, 0.2) is 5.82 Å². The fourth-order valence-electron chi connectivity index (χ4n) is 6.16. The number of nitrogens with two attached hydrogens (primary N) is 1. The second-order valence-electron chi connectivity index (χ2n) is 10.5. The molecular formula is C29H32N8. The van der Waals surface area contributed by atoms with Crippen molar-refractivity contribution < 1.29 is 0 Å². The first-order valence-corrected chi connectivity index (χ1v) is 13.3. The van der Waals surface area contributed by atoms with E-state index in [2.05, 4.69) is 75.0 Å². The van der Waals surface area contributed by atoms with Crippen LogP contribution in [0.15, 0.2) is 67.1 Å². The number of likely N-dealkylation sites (tertiary alicyclic amines) is 1. The van der Waals surface area contributed by atoms with Crippen LogP contribution in [0.2, 0.25) is 0 Å². The normalized spacial score (nSPS) is 19.5. The smallest absolute Gasteiger partial charge is 0.151 e. The molecule has 7 rings (SSSR count). The zero-order valence-corrected chi connectivity index (χ0v) is 20.9. The van der Waals surface area contributed by atoms with Gasteiger partial charge in [-0.25, -0.2) is 9.50 Å². The lowest BCUT2D eigenvalue weighted by atomic mass is 10.0. The van der Waals surface area contributed by atoms with E-state index in [1.165, 1.54) is 37.2 Å². The summed E-state index contributed by atoms with van der Waals surface area (Å²) in [7, 11) is 0. The van der Waals surface area contributed by atoms with Crippen LogP contribution < -0.4 is 11.1 Å². The van der Waals surface area contributed by atoms with Crippen LogP contribution in [0.5, 0.6) is 0 Å². The maximum atomic E-state index is 6.38. The Morgan fingerprint density at radius 2 is 1.97 bits per heavy atom. The van der Waals surface area contributed by atoms with Gasteiger partial charge >= 0.3 is 0 Å². The van der Waals surface area contributed by atoms with Gasteiger partial charge in [-0.3, -0.25) is 9.58 Å². The molecule has 0 unspecified atom stereocenters. The van der Waals surface area contributed by atoms with E-state index >= 15 is 0 Å². The summed E-state index contributed by atoms with van der Waals surface area (Å²) in [6.07, 6.45) is 8.26. The van der Waals surface area contributed by atoms with Gasteiger partial charge in [0.05, 0.1) is 12.1 Å². The Kier molecular flexibility index (Phi) is 5.63. The Hall–Kier alpha value is -3.75. The number of nitrogens with zero attached hydrogens (tertiary/aromatic N) is 6. The Bertz CT molecular complexity index is 1550. The van der Waals surface area contributed by atoms with Gasteiger partial charge in [-0.15, -0.1) is 0 Å². The molecule has 5 aromatic rings. The zero-order valence-electron chi connectivity index (χ0n) is 20.9. The van der Waals surface area contributed by atoms with E-state index in [1.807, 2.05) is 15.3 Å². The average Bonchev–Trinajstić information content (AvgIpc) is 3.70. The summed E-state index contributed by atoms with van der Waals surface area (Å²) in [4.78, 5) is 6.97. The fourth-order valence-corrected chi connectivity index (χ4v) is 6.16. The fraction of sp³-hybridized carbons (Fsp3) is 0.345.